The highest BCUT2D eigenvalue weighted by Gasteiger charge is 2.27. The molecule has 1 saturated heterocycles. The highest BCUT2D eigenvalue weighted by Crippen LogP contribution is 2.22. The molecule has 0 aromatic heterocycles. The van der Waals surface area contributed by atoms with Crippen molar-refractivity contribution in [2.45, 2.75) is 19.8 Å². The van der Waals surface area contributed by atoms with Gasteiger partial charge in [-0.25, -0.2) is 4.39 Å². The average molecular weight is 341 g/mol. The van der Waals surface area contributed by atoms with Crippen LogP contribution in [0.2, 0.25) is 0 Å². The molecule has 1 aliphatic rings. The lowest BCUT2D eigenvalue weighted by Crippen LogP contribution is -2.30. The molecule has 1 aliphatic heterocycles. The van der Waals surface area contributed by atoms with Crippen LogP contribution in [0.25, 0.3) is 0 Å². The molecular formula is C21H24FNO2. The van der Waals surface area contributed by atoms with Gasteiger partial charge in [0.05, 0.1) is 6.61 Å². The van der Waals surface area contributed by atoms with E-state index < -0.39 is 0 Å². The van der Waals surface area contributed by atoms with Gasteiger partial charge >= 0.3 is 0 Å². The summed E-state index contributed by atoms with van der Waals surface area (Å²) in [5.74, 6) is 0.261. The van der Waals surface area contributed by atoms with E-state index in [-0.39, 0.29) is 11.7 Å². The third-order valence-corrected chi connectivity index (χ3v) is 4.85. The molecule has 1 fully saturated rings. The van der Waals surface area contributed by atoms with E-state index in [4.69, 9.17) is 4.74 Å². The molecule has 132 valence electrons. The van der Waals surface area contributed by atoms with Crippen molar-refractivity contribution >= 4 is 5.91 Å². The minimum atomic E-state index is -0.205. The number of aryl methyl sites for hydroxylation is 1. The SMILES string of the molecule is COC[C@@H]1CCN(C(=O)c2ccccc2Cc2ccc(C)c(F)c2)C1. The first-order valence-corrected chi connectivity index (χ1v) is 8.69. The lowest BCUT2D eigenvalue weighted by atomic mass is 9.98. The number of nitrogens with zero attached hydrogens (tertiary/aromatic N) is 1. The summed E-state index contributed by atoms with van der Waals surface area (Å²) in [5, 5.41) is 0. The Balaban J connectivity index is 1.78. The van der Waals surface area contributed by atoms with Crippen LogP contribution in [0.4, 0.5) is 4.39 Å². The Morgan fingerprint density at radius 1 is 1.28 bits per heavy atom. The highest BCUT2D eigenvalue weighted by molar-refractivity contribution is 5.96. The standard InChI is InChI=1S/C21H24FNO2/c1-15-7-8-16(12-20(15)22)11-18-5-3-4-6-19(18)21(24)23-10-9-17(13-23)14-25-2/h3-8,12,17H,9-11,13-14H2,1-2H3/t17-/m1/s1. The van der Waals surface area contributed by atoms with Gasteiger partial charge in [-0.05, 0) is 48.6 Å². The summed E-state index contributed by atoms with van der Waals surface area (Å²) in [6.07, 6.45) is 1.53. The fourth-order valence-corrected chi connectivity index (χ4v) is 3.41. The van der Waals surface area contributed by atoms with Crippen molar-refractivity contribution in [3.8, 4) is 0 Å². The summed E-state index contributed by atoms with van der Waals surface area (Å²) in [6.45, 7) is 3.94. The van der Waals surface area contributed by atoms with E-state index in [0.29, 0.717) is 30.1 Å². The second-order valence-corrected chi connectivity index (χ2v) is 6.78. The molecular weight excluding hydrogens is 317 g/mol. The molecule has 0 aliphatic carbocycles. The number of carbonyl (C=O) groups is 1. The van der Waals surface area contributed by atoms with E-state index in [2.05, 4.69) is 0 Å². The summed E-state index contributed by atoms with van der Waals surface area (Å²) < 4.78 is 19.0. The number of hydrogen-bond donors (Lipinski definition) is 0. The molecule has 0 bridgehead atoms. The van der Waals surface area contributed by atoms with Crippen molar-refractivity contribution in [2.24, 2.45) is 5.92 Å². The minimum absolute atomic E-state index is 0.0572. The number of benzene rings is 2. The smallest absolute Gasteiger partial charge is 0.254 e. The zero-order valence-corrected chi connectivity index (χ0v) is 14.8. The van der Waals surface area contributed by atoms with Crippen molar-refractivity contribution in [1.82, 2.24) is 4.90 Å². The number of halogens is 1. The Morgan fingerprint density at radius 3 is 2.84 bits per heavy atom. The highest BCUT2D eigenvalue weighted by atomic mass is 19.1. The van der Waals surface area contributed by atoms with E-state index in [1.165, 1.54) is 0 Å². The predicted octanol–water partition coefficient (Wildman–Crippen LogP) is 3.83. The maximum Gasteiger partial charge on any atom is 0.254 e. The van der Waals surface area contributed by atoms with Crippen LogP contribution in [0.3, 0.4) is 0 Å². The Bertz CT molecular complexity index is 759. The van der Waals surface area contributed by atoms with Crippen LogP contribution in [0, 0.1) is 18.7 Å². The first-order valence-electron chi connectivity index (χ1n) is 8.69. The molecule has 2 aromatic rings. The van der Waals surface area contributed by atoms with Crippen molar-refractivity contribution in [3.63, 3.8) is 0 Å². The fourth-order valence-electron chi connectivity index (χ4n) is 3.41. The molecule has 1 atom stereocenters. The molecule has 1 heterocycles. The summed E-state index contributed by atoms with van der Waals surface area (Å²) in [4.78, 5) is 14.8. The molecule has 0 unspecified atom stereocenters. The number of carbonyl (C=O) groups excluding carboxylic acids is 1. The first kappa shape index (κ1) is 17.6. The van der Waals surface area contributed by atoms with Crippen molar-refractivity contribution in [2.75, 3.05) is 26.8 Å². The number of methoxy groups -OCH3 is 1. The van der Waals surface area contributed by atoms with Gasteiger partial charge < -0.3 is 9.64 Å². The normalized spacial score (nSPS) is 17.1. The molecule has 0 radical (unpaired) electrons. The van der Waals surface area contributed by atoms with Gasteiger partial charge in [0.2, 0.25) is 0 Å². The van der Waals surface area contributed by atoms with Crippen LogP contribution in [0.5, 0.6) is 0 Å². The van der Waals surface area contributed by atoms with Gasteiger partial charge in [0.1, 0.15) is 5.82 Å². The molecule has 3 rings (SSSR count). The summed E-state index contributed by atoms with van der Waals surface area (Å²) in [6, 6.07) is 12.9. The zero-order chi connectivity index (χ0) is 17.8. The van der Waals surface area contributed by atoms with Crippen LogP contribution >= 0.6 is 0 Å². The Hall–Kier alpha value is -2.20. The molecule has 0 spiro atoms. The summed E-state index contributed by atoms with van der Waals surface area (Å²) >= 11 is 0. The largest absolute Gasteiger partial charge is 0.384 e. The molecule has 2 aromatic carbocycles. The van der Waals surface area contributed by atoms with E-state index in [0.717, 1.165) is 30.6 Å². The van der Waals surface area contributed by atoms with E-state index in [1.54, 1.807) is 26.2 Å². The second-order valence-electron chi connectivity index (χ2n) is 6.78. The van der Waals surface area contributed by atoms with Gasteiger partial charge in [-0.15, -0.1) is 0 Å². The van der Waals surface area contributed by atoms with E-state index in [9.17, 15) is 9.18 Å². The Morgan fingerprint density at radius 2 is 2.08 bits per heavy atom. The number of amides is 1. The van der Waals surface area contributed by atoms with Gasteiger partial charge in [-0.1, -0.05) is 30.3 Å². The fraction of sp³-hybridized carbons (Fsp3) is 0.381. The number of rotatable bonds is 5. The topological polar surface area (TPSA) is 29.5 Å². The summed E-state index contributed by atoms with van der Waals surface area (Å²) in [7, 11) is 1.69. The van der Waals surface area contributed by atoms with Crippen LogP contribution in [-0.2, 0) is 11.2 Å². The molecule has 0 N–H and O–H groups in total. The second kappa shape index (κ2) is 7.79. The maximum atomic E-state index is 13.8. The van der Waals surface area contributed by atoms with Crippen molar-refractivity contribution in [1.29, 1.82) is 0 Å². The van der Waals surface area contributed by atoms with Gasteiger partial charge in [0.25, 0.3) is 5.91 Å². The van der Waals surface area contributed by atoms with Gasteiger partial charge in [-0.3, -0.25) is 4.79 Å². The maximum absolute atomic E-state index is 13.8. The third kappa shape index (κ3) is 4.07. The zero-order valence-electron chi connectivity index (χ0n) is 14.8. The Kier molecular flexibility index (Phi) is 5.49. The van der Waals surface area contributed by atoms with Crippen molar-refractivity contribution in [3.05, 3.63) is 70.5 Å². The third-order valence-electron chi connectivity index (χ3n) is 4.85. The monoisotopic (exact) mass is 341 g/mol. The van der Waals surface area contributed by atoms with Gasteiger partial charge in [0.15, 0.2) is 0 Å². The molecule has 1 amide bonds. The Labute approximate surface area is 148 Å². The molecule has 4 heteroatoms. The van der Waals surface area contributed by atoms with Gasteiger partial charge in [0, 0.05) is 31.7 Å². The lowest BCUT2D eigenvalue weighted by Gasteiger charge is -2.19. The molecule has 3 nitrogen and oxygen atoms in total. The lowest BCUT2D eigenvalue weighted by molar-refractivity contribution is 0.0774. The molecule has 25 heavy (non-hydrogen) atoms. The van der Waals surface area contributed by atoms with Crippen LogP contribution in [-0.4, -0.2) is 37.6 Å². The first-order chi connectivity index (χ1) is 12.1. The van der Waals surface area contributed by atoms with Crippen LogP contribution in [0.15, 0.2) is 42.5 Å². The number of likely N-dealkylation sites (tertiary alicyclic amines) is 1. The molecule has 0 saturated carbocycles. The minimum Gasteiger partial charge on any atom is -0.384 e. The van der Waals surface area contributed by atoms with Crippen molar-refractivity contribution < 1.29 is 13.9 Å². The van der Waals surface area contributed by atoms with Crippen LogP contribution in [0.1, 0.15) is 33.5 Å². The number of hydrogen-bond acceptors (Lipinski definition) is 2. The van der Waals surface area contributed by atoms with Gasteiger partial charge in [-0.2, -0.15) is 0 Å². The summed E-state index contributed by atoms with van der Waals surface area (Å²) in [5.41, 5.74) is 3.16. The van der Waals surface area contributed by atoms with Crippen LogP contribution < -0.4 is 0 Å². The van der Waals surface area contributed by atoms with E-state index in [1.807, 2.05) is 35.2 Å². The predicted molar refractivity (Wildman–Crippen MR) is 96.3 cm³/mol. The van der Waals surface area contributed by atoms with E-state index >= 15 is 0 Å². The quantitative estimate of drug-likeness (QED) is 0.827. The number of ether oxygens (including phenoxy) is 1. The average Bonchev–Trinajstić information content (AvgIpc) is 3.07.